The number of hydrogen-bond donors (Lipinski definition) is 2. The van der Waals surface area contributed by atoms with Crippen molar-refractivity contribution in [2.24, 2.45) is 0 Å². The maximum Gasteiger partial charge on any atom is 0.407 e. The number of hydrogen-bond acceptors (Lipinski definition) is 3. The van der Waals surface area contributed by atoms with Crippen LogP contribution in [0.4, 0.5) is 4.79 Å². The van der Waals surface area contributed by atoms with E-state index in [-0.39, 0.29) is 12.0 Å². The Morgan fingerprint density at radius 3 is 2.05 bits per heavy atom. The second kappa shape index (κ2) is 12.7. The number of carbonyl (C=O) groups excluding carboxylic acids is 2. The van der Waals surface area contributed by atoms with E-state index < -0.39 is 5.60 Å². The molecule has 0 atom stereocenters. The predicted octanol–water partition coefficient (Wildman–Crippen LogP) is 3.75. The summed E-state index contributed by atoms with van der Waals surface area (Å²) in [7, 11) is 0. The molecular weight excluding hydrogens is 348 g/mol. The van der Waals surface area contributed by atoms with Crippen LogP contribution in [0.5, 0.6) is 0 Å². The molecule has 0 aliphatic rings. The summed E-state index contributed by atoms with van der Waals surface area (Å²) in [6.45, 7) is 6.92. The van der Waals surface area contributed by atoms with Crippen LogP contribution in [0, 0.1) is 0 Å². The highest BCUT2D eigenvalue weighted by atomic mass is 79.9. The molecule has 0 rings (SSSR count). The summed E-state index contributed by atoms with van der Waals surface area (Å²) < 4.78 is 5.15. The first-order valence-corrected chi connectivity index (χ1v) is 9.27. The van der Waals surface area contributed by atoms with Gasteiger partial charge in [-0.2, -0.15) is 0 Å². The van der Waals surface area contributed by atoms with Gasteiger partial charge in [0.1, 0.15) is 5.60 Å². The van der Waals surface area contributed by atoms with Crippen molar-refractivity contribution in [3.63, 3.8) is 0 Å². The Bertz CT molecular complexity index is 317. The van der Waals surface area contributed by atoms with Gasteiger partial charge in [-0.15, -0.1) is 0 Å². The molecule has 0 unspecified atom stereocenters. The molecule has 0 aromatic heterocycles. The van der Waals surface area contributed by atoms with Gasteiger partial charge < -0.3 is 15.4 Å². The first kappa shape index (κ1) is 21.2. The molecule has 2 N–H and O–H groups in total. The largest absolute Gasteiger partial charge is 0.444 e. The highest BCUT2D eigenvalue weighted by Gasteiger charge is 2.15. The average Bonchev–Trinajstić information content (AvgIpc) is 2.40. The normalized spacial score (nSPS) is 11.1. The monoisotopic (exact) mass is 378 g/mol. The number of halogens is 1. The quantitative estimate of drug-likeness (QED) is 0.424. The van der Waals surface area contributed by atoms with Crippen LogP contribution in [-0.4, -0.2) is 36.0 Å². The maximum absolute atomic E-state index is 11.5. The molecule has 0 saturated carbocycles. The lowest BCUT2D eigenvalue weighted by Gasteiger charge is -2.19. The Morgan fingerprint density at radius 2 is 1.50 bits per heavy atom. The van der Waals surface area contributed by atoms with Crippen LogP contribution >= 0.6 is 15.9 Å². The number of alkyl carbamates (subject to hydrolysis) is 1. The fourth-order valence-corrected chi connectivity index (χ4v) is 2.20. The van der Waals surface area contributed by atoms with Gasteiger partial charge in [-0.05, 0) is 46.5 Å². The van der Waals surface area contributed by atoms with Gasteiger partial charge in [0.25, 0.3) is 0 Å². The molecule has 2 amide bonds. The summed E-state index contributed by atoms with van der Waals surface area (Å²) in [6, 6.07) is 0. The standard InChI is InChI=1S/C16H31BrN2O3/c1-16(2,3)22-15(21)19-13-9-5-4-8-12-18-14(20)10-6-7-11-17/h4-13H2,1-3H3,(H,18,20)(H,19,21). The molecule has 0 saturated heterocycles. The van der Waals surface area contributed by atoms with Gasteiger partial charge in [0.2, 0.25) is 5.91 Å². The molecule has 0 radical (unpaired) electrons. The van der Waals surface area contributed by atoms with Gasteiger partial charge in [0.15, 0.2) is 0 Å². The van der Waals surface area contributed by atoms with E-state index >= 15 is 0 Å². The van der Waals surface area contributed by atoms with Crippen LogP contribution in [0.1, 0.15) is 65.7 Å². The minimum Gasteiger partial charge on any atom is -0.444 e. The number of alkyl halides is 1. The van der Waals surface area contributed by atoms with Crippen LogP contribution in [0.3, 0.4) is 0 Å². The summed E-state index contributed by atoms with van der Waals surface area (Å²) in [5.41, 5.74) is -0.448. The highest BCUT2D eigenvalue weighted by molar-refractivity contribution is 9.09. The third-order valence-corrected chi connectivity index (χ3v) is 3.44. The minimum atomic E-state index is -0.448. The van der Waals surface area contributed by atoms with Gasteiger partial charge >= 0.3 is 6.09 Å². The van der Waals surface area contributed by atoms with Gasteiger partial charge in [-0.1, -0.05) is 28.8 Å². The third kappa shape index (κ3) is 15.6. The summed E-state index contributed by atoms with van der Waals surface area (Å²) >= 11 is 3.35. The van der Waals surface area contributed by atoms with Gasteiger partial charge in [-0.3, -0.25) is 4.79 Å². The molecule has 0 aromatic rings. The second-order valence-electron chi connectivity index (χ2n) is 6.34. The number of carbonyl (C=O) groups is 2. The zero-order valence-corrected chi connectivity index (χ0v) is 15.8. The van der Waals surface area contributed by atoms with Crippen molar-refractivity contribution in [3.05, 3.63) is 0 Å². The van der Waals surface area contributed by atoms with Gasteiger partial charge in [-0.25, -0.2) is 4.79 Å². The molecule has 0 aliphatic heterocycles. The van der Waals surface area contributed by atoms with Crippen LogP contribution in [0.2, 0.25) is 0 Å². The van der Waals surface area contributed by atoms with E-state index in [4.69, 9.17) is 4.74 Å². The Morgan fingerprint density at radius 1 is 0.909 bits per heavy atom. The lowest BCUT2D eigenvalue weighted by molar-refractivity contribution is -0.121. The average molecular weight is 379 g/mol. The van der Waals surface area contributed by atoms with E-state index in [9.17, 15) is 9.59 Å². The number of ether oxygens (including phenoxy) is 1. The van der Waals surface area contributed by atoms with Crippen LogP contribution in [-0.2, 0) is 9.53 Å². The maximum atomic E-state index is 11.5. The van der Waals surface area contributed by atoms with E-state index in [1.807, 2.05) is 20.8 Å². The van der Waals surface area contributed by atoms with Crippen molar-refractivity contribution >= 4 is 27.9 Å². The summed E-state index contributed by atoms with van der Waals surface area (Å²) in [5, 5.41) is 6.63. The number of nitrogens with one attached hydrogen (secondary N) is 2. The van der Waals surface area contributed by atoms with Crippen LogP contribution in [0.25, 0.3) is 0 Å². The summed E-state index contributed by atoms with van der Waals surface area (Å²) in [5.74, 6) is 0.146. The van der Waals surface area contributed by atoms with Crippen molar-refractivity contribution in [1.82, 2.24) is 10.6 Å². The number of amides is 2. The second-order valence-corrected chi connectivity index (χ2v) is 7.13. The molecular formula is C16H31BrN2O3. The molecule has 0 fully saturated rings. The molecule has 0 heterocycles. The predicted molar refractivity (Wildman–Crippen MR) is 93.4 cm³/mol. The molecule has 130 valence electrons. The summed E-state index contributed by atoms with van der Waals surface area (Å²) in [4.78, 5) is 22.8. The van der Waals surface area contributed by atoms with Crippen molar-refractivity contribution in [3.8, 4) is 0 Å². The molecule has 5 nitrogen and oxygen atoms in total. The Hall–Kier alpha value is -0.780. The van der Waals surface area contributed by atoms with Crippen LogP contribution in [0.15, 0.2) is 0 Å². The van der Waals surface area contributed by atoms with Gasteiger partial charge in [0.05, 0.1) is 0 Å². The lowest BCUT2D eigenvalue weighted by Crippen LogP contribution is -2.33. The molecule has 22 heavy (non-hydrogen) atoms. The number of unbranched alkanes of at least 4 members (excludes halogenated alkanes) is 4. The smallest absolute Gasteiger partial charge is 0.407 e. The van der Waals surface area contributed by atoms with Crippen molar-refractivity contribution in [2.45, 2.75) is 71.3 Å². The lowest BCUT2D eigenvalue weighted by atomic mass is 10.2. The van der Waals surface area contributed by atoms with Crippen LogP contribution < -0.4 is 10.6 Å². The molecule has 0 spiro atoms. The number of rotatable bonds is 11. The zero-order valence-electron chi connectivity index (χ0n) is 14.2. The summed E-state index contributed by atoms with van der Waals surface area (Å²) in [6.07, 6.45) is 6.24. The van der Waals surface area contributed by atoms with Crippen molar-refractivity contribution in [2.75, 3.05) is 18.4 Å². The first-order chi connectivity index (χ1) is 10.3. The Labute approximate surface area is 143 Å². The molecule has 0 aliphatic carbocycles. The Kier molecular flexibility index (Phi) is 12.3. The SMILES string of the molecule is CC(C)(C)OC(=O)NCCCCCCNC(=O)CCCCBr. The van der Waals surface area contributed by atoms with E-state index in [2.05, 4.69) is 26.6 Å². The topological polar surface area (TPSA) is 67.4 Å². The fourth-order valence-electron chi connectivity index (χ4n) is 1.80. The molecule has 6 heteroatoms. The zero-order chi connectivity index (χ0) is 16.8. The first-order valence-electron chi connectivity index (χ1n) is 8.14. The minimum absolute atomic E-state index is 0.146. The Balaban J connectivity index is 3.33. The van der Waals surface area contributed by atoms with E-state index in [0.29, 0.717) is 13.0 Å². The molecule has 0 bridgehead atoms. The van der Waals surface area contributed by atoms with Gasteiger partial charge in [0, 0.05) is 24.8 Å². The van der Waals surface area contributed by atoms with Crippen molar-refractivity contribution in [1.29, 1.82) is 0 Å². The van der Waals surface area contributed by atoms with E-state index in [1.165, 1.54) is 0 Å². The fraction of sp³-hybridized carbons (Fsp3) is 0.875. The highest BCUT2D eigenvalue weighted by Crippen LogP contribution is 2.06. The van der Waals surface area contributed by atoms with Crippen molar-refractivity contribution < 1.29 is 14.3 Å². The van der Waals surface area contributed by atoms with E-state index in [1.54, 1.807) is 0 Å². The molecule has 0 aromatic carbocycles. The van der Waals surface area contributed by atoms with E-state index in [0.717, 1.165) is 50.4 Å². The third-order valence-electron chi connectivity index (χ3n) is 2.88.